The van der Waals surface area contributed by atoms with Crippen LogP contribution in [-0.4, -0.2) is 21.4 Å². The number of fused-ring (bicyclic) bond motifs is 5. The molecule has 4 fully saturated rings. The number of allylic oxidation sites excluding steroid dienone is 1. The first kappa shape index (κ1) is 20.7. The van der Waals surface area contributed by atoms with E-state index in [9.17, 15) is 4.79 Å². The predicted molar refractivity (Wildman–Crippen MR) is 134 cm³/mol. The summed E-state index contributed by atoms with van der Waals surface area (Å²) < 4.78 is 0.299. The Labute approximate surface area is 195 Å². The van der Waals surface area contributed by atoms with Crippen molar-refractivity contribution in [3.63, 3.8) is 0 Å². The van der Waals surface area contributed by atoms with Crippen LogP contribution in [0.5, 0.6) is 0 Å². The Morgan fingerprint density at radius 1 is 1.03 bits per heavy atom. The zero-order chi connectivity index (χ0) is 21.2. The molecule has 1 saturated heterocycles. The molecule has 1 nitrogen and oxygen atoms in total. The summed E-state index contributed by atoms with van der Waals surface area (Å²) in [5.74, 6) is 6.59. The number of benzene rings is 1. The van der Waals surface area contributed by atoms with E-state index in [0.717, 1.165) is 31.1 Å². The van der Waals surface area contributed by atoms with Gasteiger partial charge in [-0.05, 0) is 79.2 Å². The first-order chi connectivity index (χ1) is 15.0. The number of carbonyl (C=O) groups is 1. The minimum atomic E-state index is -0.0173. The lowest BCUT2D eigenvalue weighted by Crippen LogP contribution is -2.48. The molecule has 1 spiro atoms. The lowest BCUT2D eigenvalue weighted by Gasteiger charge is -2.55. The maximum atomic E-state index is 12.8. The lowest BCUT2D eigenvalue weighted by molar-refractivity contribution is -0.131. The molecule has 0 aromatic heterocycles. The quantitative estimate of drug-likeness (QED) is 0.439. The molecule has 4 aliphatic carbocycles. The van der Waals surface area contributed by atoms with Crippen molar-refractivity contribution in [3.05, 3.63) is 53.6 Å². The van der Waals surface area contributed by atoms with E-state index >= 15 is 0 Å². The highest BCUT2D eigenvalue weighted by Crippen LogP contribution is 2.65. The summed E-state index contributed by atoms with van der Waals surface area (Å²) in [6, 6.07) is 9.29. The van der Waals surface area contributed by atoms with Crippen LogP contribution in [0.3, 0.4) is 0 Å². The van der Waals surface area contributed by atoms with Crippen LogP contribution in [-0.2, 0) is 4.79 Å². The second-order valence-corrected chi connectivity index (χ2v) is 13.9. The zero-order valence-electron chi connectivity index (χ0n) is 18.6. The summed E-state index contributed by atoms with van der Waals surface area (Å²) in [4.78, 5) is 12.8. The summed E-state index contributed by atoms with van der Waals surface area (Å²) in [6.45, 7) is 6.26. The van der Waals surface area contributed by atoms with Crippen LogP contribution in [0.2, 0.25) is 0 Å². The molecule has 0 bridgehead atoms. The van der Waals surface area contributed by atoms with E-state index in [2.05, 4.69) is 67.4 Å². The van der Waals surface area contributed by atoms with Crippen LogP contribution in [0, 0.1) is 29.1 Å². The summed E-state index contributed by atoms with van der Waals surface area (Å²) in [5, 5.41) is 0. The SMILES string of the molecule is C=Cc1ccc([C@@H]2CC3(C=C4CC[C@@H]5[C@H](CC[C@]6(C)C(=O)CC[C@@H]56)[C@H]42)SCCS3)cc1. The highest BCUT2D eigenvalue weighted by Gasteiger charge is 2.58. The van der Waals surface area contributed by atoms with Gasteiger partial charge in [0.2, 0.25) is 0 Å². The van der Waals surface area contributed by atoms with E-state index in [1.54, 1.807) is 5.57 Å². The van der Waals surface area contributed by atoms with Gasteiger partial charge in [-0.25, -0.2) is 0 Å². The van der Waals surface area contributed by atoms with Gasteiger partial charge in [-0.3, -0.25) is 4.79 Å². The number of hydrogen-bond donors (Lipinski definition) is 0. The lowest BCUT2D eigenvalue weighted by atomic mass is 9.50. The highest BCUT2D eigenvalue weighted by molar-refractivity contribution is 8.21. The second kappa shape index (κ2) is 7.55. The van der Waals surface area contributed by atoms with E-state index < -0.39 is 0 Å². The van der Waals surface area contributed by atoms with Crippen molar-refractivity contribution in [2.75, 3.05) is 11.5 Å². The van der Waals surface area contributed by atoms with E-state index in [1.165, 1.54) is 48.3 Å². The number of thioether (sulfide) groups is 2. The summed E-state index contributed by atoms with van der Waals surface area (Å²) in [7, 11) is 0. The second-order valence-electron chi connectivity index (χ2n) is 10.8. The van der Waals surface area contributed by atoms with Crippen LogP contribution < -0.4 is 0 Å². The number of hydrogen-bond acceptors (Lipinski definition) is 3. The van der Waals surface area contributed by atoms with E-state index in [4.69, 9.17) is 0 Å². The van der Waals surface area contributed by atoms with Crippen molar-refractivity contribution in [2.45, 2.75) is 61.9 Å². The van der Waals surface area contributed by atoms with E-state index in [1.807, 2.05) is 6.08 Å². The average Bonchev–Trinajstić information content (AvgIpc) is 3.37. The van der Waals surface area contributed by atoms with E-state index in [0.29, 0.717) is 27.6 Å². The van der Waals surface area contributed by atoms with Gasteiger partial charge in [0.25, 0.3) is 0 Å². The third-order valence-corrected chi connectivity index (χ3v) is 12.9. The standard InChI is InChI=1S/C28H34OS2/c1-3-18-4-6-19(7-5-18)23-17-28(30-14-15-31-28)16-20-8-9-21-22(26(20)23)12-13-27(2)24(21)10-11-25(27)29/h3-7,16,21-24,26H,1,8-15,17H2,2H3/t21-,22+,23+,24+,26+,27+/m1/s1. The molecule has 3 heteroatoms. The fraction of sp³-hybridized carbons (Fsp3) is 0.607. The molecule has 1 aromatic rings. The normalized spacial score (nSPS) is 40.7. The molecule has 6 rings (SSSR count). The summed E-state index contributed by atoms with van der Waals surface area (Å²) in [5.41, 5.74) is 4.50. The first-order valence-corrected chi connectivity index (χ1v) is 14.3. The van der Waals surface area contributed by atoms with Gasteiger partial charge in [-0.1, -0.05) is 55.5 Å². The molecule has 1 heterocycles. The molecule has 164 valence electrons. The molecule has 0 radical (unpaired) electrons. The Hall–Kier alpha value is -0.930. The van der Waals surface area contributed by atoms with Crippen LogP contribution in [0.1, 0.15) is 68.9 Å². The molecule has 5 aliphatic rings. The Morgan fingerprint density at radius 2 is 1.81 bits per heavy atom. The molecule has 3 saturated carbocycles. The average molecular weight is 451 g/mol. The molecule has 0 amide bonds. The van der Waals surface area contributed by atoms with Gasteiger partial charge in [0.05, 0.1) is 4.08 Å². The molecule has 0 unspecified atom stereocenters. The first-order valence-electron chi connectivity index (χ1n) is 12.3. The Bertz CT molecular complexity index is 925. The fourth-order valence-corrected chi connectivity index (χ4v) is 11.4. The van der Waals surface area contributed by atoms with Gasteiger partial charge in [0, 0.05) is 23.3 Å². The Morgan fingerprint density at radius 3 is 2.55 bits per heavy atom. The van der Waals surface area contributed by atoms with Crippen LogP contribution in [0.4, 0.5) is 0 Å². The van der Waals surface area contributed by atoms with Crippen LogP contribution >= 0.6 is 23.5 Å². The van der Waals surface area contributed by atoms with Gasteiger partial charge in [-0.2, -0.15) is 0 Å². The minimum absolute atomic E-state index is 0.0173. The number of carbonyl (C=O) groups excluding carboxylic acids is 1. The highest BCUT2D eigenvalue weighted by atomic mass is 32.2. The molecule has 31 heavy (non-hydrogen) atoms. The molecule has 6 atom stereocenters. The third-order valence-electron chi connectivity index (χ3n) is 9.58. The maximum Gasteiger partial charge on any atom is 0.139 e. The number of ketones is 1. The number of rotatable bonds is 2. The summed E-state index contributed by atoms with van der Waals surface area (Å²) >= 11 is 4.40. The fourth-order valence-electron chi connectivity index (χ4n) is 8.10. The zero-order valence-corrected chi connectivity index (χ0v) is 20.3. The Balaban J connectivity index is 1.40. The van der Waals surface area contributed by atoms with Crippen LogP contribution in [0.15, 0.2) is 42.5 Å². The van der Waals surface area contributed by atoms with E-state index in [-0.39, 0.29) is 5.41 Å². The van der Waals surface area contributed by atoms with Gasteiger partial charge < -0.3 is 0 Å². The Kier molecular flexibility index (Phi) is 5.03. The van der Waals surface area contributed by atoms with Gasteiger partial charge in [-0.15, -0.1) is 23.5 Å². The molecular weight excluding hydrogens is 416 g/mol. The monoisotopic (exact) mass is 450 g/mol. The van der Waals surface area contributed by atoms with Gasteiger partial charge >= 0.3 is 0 Å². The van der Waals surface area contributed by atoms with Crippen molar-refractivity contribution in [3.8, 4) is 0 Å². The van der Waals surface area contributed by atoms with Gasteiger partial charge in [0.15, 0.2) is 0 Å². The van der Waals surface area contributed by atoms with Gasteiger partial charge in [0.1, 0.15) is 5.78 Å². The van der Waals surface area contributed by atoms with Crippen molar-refractivity contribution < 1.29 is 4.79 Å². The topological polar surface area (TPSA) is 17.1 Å². The minimum Gasteiger partial charge on any atom is -0.299 e. The number of Topliss-reactive ketones (excluding diaryl/α,β-unsaturated/α-hetero) is 1. The van der Waals surface area contributed by atoms with Crippen molar-refractivity contribution in [1.82, 2.24) is 0 Å². The van der Waals surface area contributed by atoms with Crippen molar-refractivity contribution in [2.24, 2.45) is 29.1 Å². The smallest absolute Gasteiger partial charge is 0.139 e. The largest absolute Gasteiger partial charge is 0.299 e. The van der Waals surface area contributed by atoms with Crippen molar-refractivity contribution >= 4 is 35.4 Å². The molecule has 0 N–H and O–H groups in total. The third kappa shape index (κ3) is 3.16. The van der Waals surface area contributed by atoms with Crippen LogP contribution in [0.25, 0.3) is 6.08 Å². The molecule has 1 aliphatic heterocycles. The maximum absolute atomic E-state index is 12.8. The van der Waals surface area contributed by atoms with Crippen molar-refractivity contribution in [1.29, 1.82) is 0 Å². The summed E-state index contributed by atoms with van der Waals surface area (Å²) in [6.07, 6.45) is 12.9. The molecular formula is C28H34OS2. The molecule has 1 aromatic carbocycles. The predicted octanol–water partition coefficient (Wildman–Crippen LogP) is 7.34.